The zero-order valence-corrected chi connectivity index (χ0v) is 72.6. The lowest BCUT2D eigenvalue weighted by Gasteiger charge is -2.45. The third-order valence-electron chi connectivity index (χ3n) is 26.3. The molecule has 670 valence electrons. The molecule has 4 fully saturated rings. The number of alkyl halides is 6. The Morgan fingerprint density at radius 2 is 1.04 bits per heavy atom. The van der Waals surface area contributed by atoms with Gasteiger partial charge in [-0.25, -0.2) is 9.07 Å². The van der Waals surface area contributed by atoms with Crippen LogP contribution in [0.25, 0.3) is 39.6 Å². The first kappa shape index (κ1) is 87.0. The molecule has 2 N–H and O–H groups in total. The Balaban J connectivity index is 0.000000117. The first-order chi connectivity index (χ1) is 62.4. The average molecular weight is 1800 g/mol. The van der Waals surface area contributed by atoms with Gasteiger partial charge in [0.25, 0.3) is 23.6 Å². The van der Waals surface area contributed by atoms with Crippen LogP contribution in [0.4, 0.5) is 30.7 Å². The molecule has 7 aromatic carbocycles. The van der Waals surface area contributed by atoms with Crippen molar-refractivity contribution in [1.82, 2.24) is 58.1 Å². The van der Waals surface area contributed by atoms with E-state index >= 15 is 0 Å². The van der Waals surface area contributed by atoms with Crippen LogP contribution in [0.1, 0.15) is 134 Å². The molecule has 130 heavy (non-hydrogen) atoms. The second-order valence-electron chi connectivity index (χ2n) is 33.6. The van der Waals surface area contributed by atoms with Crippen LogP contribution in [0.15, 0.2) is 225 Å². The van der Waals surface area contributed by atoms with Gasteiger partial charge in [-0.2, -0.15) is 41.6 Å². The zero-order chi connectivity index (χ0) is 91.1. The van der Waals surface area contributed by atoms with E-state index in [-0.39, 0.29) is 90.8 Å². The van der Waals surface area contributed by atoms with E-state index in [1.165, 1.54) is 70.2 Å². The molecule has 5 aromatic heterocycles. The fourth-order valence-electron chi connectivity index (χ4n) is 19.4. The van der Waals surface area contributed by atoms with E-state index in [4.69, 9.17) is 45.8 Å². The number of aryl methyl sites for hydroxylation is 3. The van der Waals surface area contributed by atoms with Gasteiger partial charge in [-0.05, 0) is 140 Å². The summed E-state index contributed by atoms with van der Waals surface area (Å²) in [6, 6.07) is 49.6. The first-order valence-electron chi connectivity index (χ1n) is 42.9. The molecule has 4 spiro atoms. The van der Waals surface area contributed by atoms with Crippen LogP contribution >= 0.6 is 11.6 Å². The summed E-state index contributed by atoms with van der Waals surface area (Å²) in [6.07, 6.45) is 7.60. The maximum Gasteiger partial charge on any atom is 0.431 e. The summed E-state index contributed by atoms with van der Waals surface area (Å²) in [6.45, 7) is 7.57. The Morgan fingerprint density at radius 1 is 0.523 bits per heavy atom. The number of para-hydroxylation sites is 3. The van der Waals surface area contributed by atoms with Crippen molar-refractivity contribution in [2.24, 2.45) is 19.8 Å². The second-order valence-corrected chi connectivity index (χ2v) is 34.0. The van der Waals surface area contributed by atoms with E-state index in [9.17, 15) is 54.7 Å². The fourth-order valence-corrected chi connectivity index (χ4v) is 19.5. The fraction of sp³-hybridized carbons (Fsp3) is 0.306. The number of rotatable bonds is 8. The van der Waals surface area contributed by atoms with Crippen LogP contribution < -0.4 is 34.2 Å². The molecule has 0 saturated carbocycles. The van der Waals surface area contributed by atoms with Gasteiger partial charge < -0.3 is 62.9 Å². The third-order valence-corrected chi connectivity index (χ3v) is 26.5. The van der Waals surface area contributed by atoms with Crippen molar-refractivity contribution >= 4 is 41.0 Å². The number of likely N-dealkylation sites (tertiary alicyclic amines) is 4. The van der Waals surface area contributed by atoms with Gasteiger partial charge in [-0.1, -0.05) is 79.2 Å². The van der Waals surface area contributed by atoms with Crippen LogP contribution in [-0.2, 0) is 64.9 Å². The van der Waals surface area contributed by atoms with Crippen molar-refractivity contribution < 1.29 is 83.1 Å². The number of methoxy groups -OCH3 is 2. The van der Waals surface area contributed by atoms with Gasteiger partial charge in [0.2, 0.25) is 0 Å². The number of ether oxygens (including phenoxy) is 6. The van der Waals surface area contributed by atoms with Crippen molar-refractivity contribution in [3.8, 4) is 74.1 Å². The SMILES string of the molecule is CCc1ccc(C(=O)N2CCC3(CC2)Oc2ccccc2-c2c3cnn2C)cc1OC.COc1ccc(C(=O)N2CCC3(CC2)Oc2cc(F)ccc2-n2cccc23)cc1C(F)(F)F.Cc1c(C(=O)N2CCC3(CC2)Oc2ccccc2-c2c3cnn2C)cnn1-c1ccccc1.NC1C=CC(C(=O)N2CCC3(CC2)Oc2cc(Cl)ccc2-n2c(C(F)(F)F)ccc23)=CC1=O. The minimum absolute atomic E-state index is 0.0205. The number of amides is 4. The third kappa shape index (κ3) is 15.7. The molecule has 13 heterocycles. The van der Waals surface area contributed by atoms with Gasteiger partial charge in [-0.15, -0.1) is 0 Å². The summed E-state index contributed by atoms with van der Waals surface area (Å²) in [4.78, 5) is 71.3. The van der Waals surface area contributed by atoms with Crippen molar-refractivity contribution in [2.75, 3.05) is 66.6 Å². The van der Waals surface area contributed by atoms with Crippen LogP contribution in [0, 0.1) is 12.7 Å². The highest BCUT2D eigenvalue weighted by atomic mass is 35.5. The molecule has 32 heteroatoms. The summed E-state index contributed by atoms with van der Waals surface area (Å²) < 4.78 is 140. The number of piperidine rings is 4. The lowest BCUT2D eigenvalue weighted by Crippen LogP contribution is -2.50. The summed E-state index contributed by atoms with van der Waals surface area (Å²) in [7, 11) is 6.75. The monoisotopic (exact) mass is 1790 g/mol. The summed E-state index contributed by atoms with van der Waals surface area (Å²) in [5.74, 6) is 1.37. The molecular weight excluding hydrogens is 1700 g/mol. The lowest BCUT2D eigenvalue weighted by molar-refractivity contribution is -0.143. The predicted molar refractivity (Wildman–Crippen MR) is 468 cm³/mol. The number of fused-ring (bicyclic) bond motifs is 16. The quantitative estimate of drug-likeness (QED) is 0.139. The number of nitrogens with two attached hydrogens (primary N) is 1. The molecular formula is C98H91ClF7N13O11. The van der Waals surface area contributed by atoms with E-state index in [0.29, 0.717) is 66.6 Å². The first-order valence-corrected chi connectivity index (χ1v) is 43.3. The molecule has 1 atom stereocenters. The van der Waals surface area contributed by atoms with Crippen LogP contribution in [0.3, 0.4) is 0 Å². The predicted octanol–water partition coefficient (Wildman–Crippen LogP) is 17.2. The van der Waals surface area contributed by atoms with E-state index < -0.39 is 63.8 Å². The molecule has 8 aliphatic heterocycles. The number of ketones is 1. The number of carbonyl (C=O) groups is 5. The Labute approximate surface area is 748 Å². The maximum atomic E-state index is 13.8. The molecule has 1 unspecified atom stereocenters. The van der Waals surface area contributed by atoms with Crippen LogP contribution in [-0.4, -0.2) is 160 Å². The lowest BCUT2D eigenvalue weighted by atomic mass is 9.81. The standard InChI is InChI=1S/C26H25N5O2.C25H27N3O3.C24H20F4N2O3.C23H19ClF3N3O3/c1-18-21(16-28-31(18)19-8-4-3-5-9-19)25(32)30-14-12-26(13-15-30)22-17-27-29(2)24(22)20-10-6-7-11-23(20)33-26;1-4-17-9-10-18(15-22(17)30-3)24(29)28-13-11-25(12-14-28)20-16-26-27(2)23(20)19-7-5-6-8-21(19)31-25;1-32-19-7-4-15(13-17(19)24(26,27)28)22(31)29-11-8-23(9-12-29)21-3-2-10-30(21)18-6-5-16(25)14-20(18)33-23;24-14-2-4-16-18(12-14)33-22(19-5-6-20(30(16)19)23(25,26)27)7-9-29(10-8-22)21(32)13-1-3-15(28)17(31)11-13/h3-11,16-17H,12-15H2,1-2H3;5-10,15-16H,4,11-14H2,1-3H3;2-7,10,13-14H,8-9,11-12H2,1H3;1-6,11-12,15H,7-10,28H2. The summed E-state index contributed by atoms with van der Waals surface area (Å²) >= 11 is 6.09. The normalized spacial score (nSPS) is 17.7. The summed E-state index contributed by atoms with van der Waals surface area (Å²) in [5, 5.41) is 13.9. The minimum Gasteiger partial charge on any atom is -0.496 e. The van der Waals surface area contributed by atoms with Crippen molar-refractivity contribution in [3.63, 3.8) is 0 Å². The molecule has 4 amide bonds. The highest BCUT2D eigenvalue weighted by Crippen LogP contribution is 2.54. The topological polar surface area (TPSA) is 243 Å². The minimum atomic E-state index is -4.64. The number of carbonyl (C=O) groups excluding carboxylic acids is 5. The van der Waals surface area contributed by atoms with E-state index in [2.05, 4.69) is 34.4 Å². The highest BCUT2D eigenvalue weighted by Gasteiger charge is 2.52. The van der Waals surface area contributed by atoms with E-state index in [1.54, 1.807) is 24.3 Å². The van der Waals surface area contributed by atoms with Crippen molar-refractivity contribution in [3.05, 3.63) is 297 Å². The number of aromatic nitrogens is 8. The van der Waals surface area contributed by atoms with Crippen molar-refractivity contribution in [2.45, 2.75) is 112 Å². The van der Waals surface area contributed by atoms with E-state index in [0.717, 1.165) is 137 Å². The molecule has 4 saturated heterocycles. The summed E-state index contributed by atoms with van der Waals surface area (Å²) in [5.41, 5.74) is 14.4. The number of nitrogens with zero attached hydrogens (tertiary/aromatic N) is 12. The maximum absolute atomic E-state index is 13.8. The number of hydrogen-bond donors (Lipinski definition) is 1. The van der Waals surface area contributed by atoms with Crippen LogP contribution in [0.2, 0.25) is 5.02 Å². The second kappa shape index (κ2) is 34.1. The molecule has 24 nitrogen and oxygen atoms in total. The van der Waals surface area contributed by atoms with E-state index in [1.807, 2.05) is 165 Å². The highest BCUT2D eigenvalue weighted by molar-refractivity contribution is 6.30. The Kier molecular flexibility index (Phi) is 22.8. The Bertz CT molecular complexity index is 6490. The van der Waals surface area contributed by atoms with Gasteiger partial charge in [0, 0.05) is 180 Å². The van der Waals surface area contributed by atoms with Gasteiger partial charge >= 0.3 is 12.4 Å². The molecule has 12 aromatic rings. The zero-order valence-electron chi connectivity index (χ0n) is 71.8. The Morgan fingerprint density at radius 3 is 1.60 bits per heavy atom. The van der Waals surface area contributed by atoms with Crippen LogP contribution in [0.5, 0.6) is 34.5 Å². The molecule has 9 aliphatic rings. The largest absolute Gasteiger partial charge is 0.496 e. The number of halogens is 8. The Hall–Kier alpha value is -13.7. The van der Waals surface area contributed by atoms with Gasteiger partial charge in [0.15, 0.2) is 17.0 Å². The average Bonchev–Trinajstić information content (AvgIpc) is 1.53. The molecule has 0 radical (unpaired) electrons. The number of hydrogen-bond acceptors (Lipinski definition) is 15. The molecule has 0 bridgehead atoms. The molecule has 21 rings (SSSR count). The van der Waals surface area contributed by atoms with Gasteiger partial charge in [0.05, 0.1) is 95.5 Å². The van der Waals surface area contributed by atoms with Gasteiger partial charge in [0.1, 0.15) is 57.2 Å². The molecule has 1 aliphatic carbocycles. The smallest absolute Gasteiger partial charge is 0.431 e. The van der Waals surface area contributed by atoms with Gasteiger partial charge in [-0.3, -0.25) is 33.3 Å². The van der Waals surface area contributed by atoms with Crippen molar-refractivity contribution in [1.29, 1.82) is 0 Å². The number of benzene rings is 7.